The molecule has 0 aliphatic rings. The Bertz CT molecular complexity index is 1150. The molecule has 0 radical (unpaired) electrons. The molecule has 6 nitrogen and oxygen atoms in total. The fourth-order valence-electron chi connectivity index (χ4n) is 8.32. The number of carbonyl (C=O) groups is 3. The summed E-state index contributed by atoms with van der Waals surface area (Å²) < 4.78 is 16.8. The normalized spacial score (nSPS) is 12.3. The van der Waals surface area contributed by atoms with Crippen LogP contribution in [0.25, 0.3) is 0 Å². The number of unbranched alkanes of at least 4 members (excludes halogenated alkanes) is 33. The predicted octanol–water partition coefficient (Wildman–Crippen LogP) is 19.0. The van der Waals surface area contributed by atoms with Crippen molar-refractivity contribution in [3.8, 4) is 0 Å². The molecule has 0 saturated carbocycles. The maximum absolute atomic E-state index is 12.8. The Balaban J connectivity index is 4.22. The van der Waals surface area contributed by atoms with Crippen molar-refractivity contribution in [2.45, 2.75) is 303 Å². The van der Waals surface area contributed by atoms with E-state index in [1.807, 2.05) is 0 Å². The summed E-state index contributed by atoms with van der Waals surface area (Å²) in [6.45, 7) is 6.54. The monoisotopic (exact) mass is 925 g/mol. The Morgan fingerprint density at radius 1 is 0.318 bits per heavy atom. The van der Waals surface area contributed by atoms with Crippen molar-refractivity contribution in [3.05, 3.63) is 48.6 Å². The van der Waals surface area contributed by atoms with Crippen molar-refractivity contribution in [1.29, 1.82) is 0 Å². The molecule has 1 unspecified atom stereocenters. The number of ether oxygens (including phenoxy) is 3. The van der Waals surface area contributed by atoms with Crippen LogP contribution in [0.1, 0.15) is 297 Å². The van der Waals surface area contributed by atoms with Crippen LogP contribution < -0.4 is 0 Å². The van der Waals surface area contributed by atoms with E-state index in [0.29, 0.717) is 19.3 Å². The van der Waals surface area contributed by atoms with Crippen molar-refractivity contribution in [2.24, 2.45) is 0 Å². The van der Waals surface area contributed by atoms with E-state index in [4.69, 9.17) is 14.2 Å². The summed E-state index contributed by atoms with van der Waals surface area (Å²) in [6, 6.07) is 0. The average molecular weight is 926 g/mol. The molecule has 1 atom stereocenters. The van der Waals surface area contributed by atoms with E-state index >= 15 is 0 Å². The first-order chi connectivity index (χ1) is 32.5. The average Bonchev–Trinajstić information content (AvgIpc) is 3.31. The van der Waals surface area contributed by atoms with Gasteiger partial charge in [0.2, 0.25) is 0 Å². The molecule has 6 heteroatoms. The Morgan fingerprint density at radius 3 is 0.924 bits per heavy atom. The molecule has 0 bridgehead atoms. The molecule has 0 aromatic carbocycles. The van der Waals surface area contributed by atoms with Gasteiger partial charge in [-0.1, -0.05) is 268 Å². The van der Waals surface area contributed by atoms with Gasteiger partial charge in [0.15, 0.2) is 6.10 Å². The quantitative estimate of drug-likeness (QED) is 0.0262. The van der Waals surface area contributed by atoms with Gasteiger partial charge in [0.25, 0.3) is 0 Å². The summed E-state index contributed by atoms with van der Waals surface area (Å²) >= 11 is 0. The van der Waals surface area contributed by atoms with E-state index in [0.717, 1.165) is 83.5 Å². The summed E-state index contributed by atoms with van der Waals surface area (Å²) in [6.07, 6.45) is 66.8. The van der Waals surface area contributed by atoms with Crippen molar-refractivity contribution in [1.82, 2.24) is 0 Å². The van der Waals surface area contributed by atoms with Gasteiger partial charge >= 0.3 is 17.9 Å². The maximum Gasteiger partial charge on any atom is 0.306 e. The number of hydrogen-bond donors (Lipinski definition) is 0. The third-order valence-corrected chi connectivity index (χ3v) is 12.6. The molecule has 0 saturated heterocycles. The second-order valence-corrected chi connectivity index (χ2v) is 19.2. The topological polar surface area (TPSA) is 78.9 Å². The van der Waals surface area contributed by atoms with Gasteiger partial charge in [-0.15, -0.1) is 0 Å². The molecule has 0 rings (SSSR count). The van der Waals surface area contributed by atoms with Crippen LogP contribution in [0.2, 0.25) is 0 Å². The van der Waals surface area contributed by atoms with Crippen LogP contribution in [0.3, 0.4) is 0 Å². The highest BCUT2D eigenvalue weighted by atomic mass is 16.6. The molecule has 384 valence electrons. The molecule has 0 N–H and O–H groups in total. The SMILES string of the molecule is CC/C=C\C/C=C\C/C=C\C/C=C\CCCCCCCCCCCCC(=O)OCC(COC(=O)CCCCCCCCCCC)OC(=O)CCCCCCCCCCCCCCCCCC. The van der Waals surface area contributed by atoms with Crippen LogP contribution in [0.5, 0.6) is 0 Å². The Morgan fingerprint density at radius 2 is 0.591 bits per heavy atom. The zero-order valence-corrected chi connectivity index (χ0v) is 44.0. The van der Waals surface area contributed by atoms with Gasteiger partial charge in [-0.05, 0) is 57.8 Å². The summed E-state index contributed by atoms with van der Waals surface area (Å²) in [5.41, 5.74) is 0. The van der Waals surface area contributed by atoms with Crippen LogP contribution in [-0.4, -0.2) is 37.2 Å². The lowest BCUT2D eigenvalue weighted by molar-refractivity contribution is -0.167. The van der Waals surface area contributed by atoms with Gasteiger partial charge in [0.05, 0.1) is 0 Å². The van der Waals surface area contributed by atoms with Gasteiger partial charge in [0, 0.05) is 19.3 Å². The highest BCUT2D eigenvalue weighted by molar-refractivity contribution is 5.71. The van der Waals surface area contributed by atoms with Gasteiger partial charge < -0.3 is 14.2 Å². The standard InChI is InChI=1S/C60H108O6/c1-4-7-10-13-16-19-21-23-25-27-28-29-30-31-32-33-35-36-38-41-44-47-50-53-59(62)65-56-57(55-64-58(61)52-49-46-43-40-18-15-12-9-6-3)66-60(63)54-51-48-45-42-39-37-34-26-24-22-20-17-14-11-8-5-2/h7,10,16,19,23,25,28-29,57H,4-6,8-9,11-15,17-18,20-22,24,26-27,30-56H2,1-3H3/b10-7-,19-16-,25-23-,29-28-. The minimum absolute atomic E-state index is 0.0699. The highest BCUT2D eigenvalue weighted by Gasteiger charge is 2.19. The van der Waals surface area contributed by atoms with E-state index in [1.54, 1.807) is 0 Å². The maximum atomic E-state index is 12.8. The van der Waals surface area contributed by atoms with Crippen molar-refractivity contribution >= 4 is 17.9 Å². The molecule has 0 aromatic rings. The molecular weight excluding hydrogens is 817 g/mol. The van der Waals surface area contributed by atoms with Crippen LogP contribution in [-0.2, 0) is 28.6 Å². The Labute approximate surface area is 409 Å². The summed E-state index contributed by atoms with van der Waals surface area (Å²) in [7, 11) is 0. The lowest BCUT2D eigenvalue weighted by atomic mass is 10.0. The van der Waals surface area contributed by atoms with Crippen molar-refractivity contribution < 1.29 is 28.6 Å². The first-order valence-corrected chi connectivity index (χ1v) is 28.6. The zero-order valence-electron chi connectivity index (χ0n) is 44.0. The minimum atomic E-state index is -0.769. The molecule has 66 heavy (non-hydrogen) atoms. The lowest BCUT2D eigenvalue weighted by Gasteiger charge is -2.18. The van der Waals surface area contributed by atoms with Gasteiger partial charge in [-0.25, -0.2) is 0 Å². The Hall–Kier alpha value is -2.63. The third-order valence-electron chi connectivity index (χ3n) is 12.6. The molecule has 0 aliphatic heterocycles. The highest BCUT2D eigenvalue weighted by Crippen LogP contribution is 2.17. The lowest BCUT2D eigenvalue weighted by Crippen LogP contribution is -2.30. The number of rotatable bonds is 52. The zero-order chi connectivity index (χ0) is 47.9. The second-order valence-electron chi connectivity index (χ2n) is 19.2. The molecular formula is C60H108O6. The largest absolute Gasteiger partial charge is 0.462 e. The summed E-state index contributed by atoms with van der Waals surface area (Å²) in [4.78, 5) is 38.0. The predicted molar refractivity (Wildman–Crippen MR) is 284 cm³/mol. The number of esters is 3. The number of carbonyl (C=O) groups excluding carboxylic acids is 3. The van der Waals surface area contributed by atoms with Gasteiger partial charge in [0.1, 0.15) is 13.2 Å². The van der Waals surface area contributed by atoms with E-state index in [1.165, 1.54) is 173 Å². The van der Waals surface area contributed by atoms with E-state index in [-0.39, 0.29) is 31.1 Å². The molecule has 0 aromatic heterocycles. The van der Waals surface area contributed by atoms with Crippen LogP contribution in [0, 0.1) is 0 Å². The van der Waals surface area contributed by atoms with Crippen molar-refractivity contribution in [3.63, 3.8) is 0 Å². The van der Waals surface area contributed by atoms with Crippen LogP contribution in [0.15, 0.2) is 48.6 Å². The first kappa shape index (κ1) is 63.4. The molecule has 0 spiro atoms. The fraction of sp³-hybridized carbons (Fsp3) is 0.817. The summed E-state index contributed by atoms with van der Waals surface area (Å²) in [5.74, 6) is -0.862. The van der Waals surface area contributed by atoms with E-state index < -0.39 is 6.10 Å². The number of hydrogen-bond acceptors (Lipinski definition) is 6. The molecule has 0 fully saturated rings. The first-order valence-electron chi connectivity index (χ1n) is 28.6. The molecule has 0 heterocycles. The number of allylic oxidation sites excluding steroid dienone is 8. The minimum Gasteiger partial charge on any atom is -0.462 e. The third kappa shape index (κ3) is 52.3. The van der Waals surface area contributed by atoms with Crippen LogP contribution >= 0.6 is 0 Å². The van der Waals surface area contributed by atoms with Gasteiger partial charge in [-0.3, -0.25) is 14.4 Å². The van der Waals surface area contributed by atoms with Crippen LogP contribution in [0.4, 0.5) is 0 Å². The smallest absolute Gasteiger partial charge is 0.306 e. The molecule has 0 amide bonds. The fourth-order valence-corrected chi connectivity index (χ4v) is 8.32. The van der Waals surface area contributed by atoms with E-state index in [2.05, 4.69) is 69.4 Å². The second kappa shape index (κ2) is 55.0. The van der Waals surface area contributed by atoms with Gasteiger partial charge in [-0.2, -0.15) is 0 Å². The van der Waals surface area contributed by atoms with Crippen molar-refractivity contribution in [2.75, 3.05) is 13.2 Å². The summed E-state index contributed by atoms with van der Waals surface area (Å²) in [5, 5.41) is 0. The Kier molecular flexibility index (Phi) is 52.8. The molecule has 0 aliphatic carbocycles. The van der Waals surface area contributed by atoms with E-state index in [9.17, 15) is 14.4 Å².